The number of benzene rings is 1. The first-order valence-electron chi connectivity index (χ1n) is 9.65. The number of amides is 1. The van der Waals surface area contributed by atoms with Gasteiger partial charge in [-0.1, -0.05) is 24.3 Å². The zero-order chi connectivity index (χ0) is 17.9. The van der Waals surface area contributed by atoms with E-state index in [0.29, 0.717) is 30.9 Å². The van der Waals surface area contributed by atoms with E-state index in [9.17, 15) is 4.79 Å². The largest absolute Gasteiger partial charge is 0.385 e. The molecule has 1 aromatic carbocycles. The number of carbonyl (C=O) groups excluding carboxylic acids is 1. The first-order chi connectivity index (χ1) is 12.8. The van der Waals surface area contributed by atoms with Crippen molar-refractivity contribution in [3.63, 3.8) is 0 Å². The molecular weight excluding hydrogens is 326 g/mol. The molecule has 0 saturated carbocycles. The minimum Gasteiger partial charge on any atom is -0.385 e. The number of fused-ring (bicyclic) bond motifs is 2. The van der Waals surface area contributed by atoms with Crippen LogP contribution in [0.2, 0.25) is 0 Å². The molecule has 0 bridgehead atoms. The van der Waals surface area contributed by atoms with E-state index in [-0.39, 0.29) is 0 Å². The molecule has 2 aliphatic rings. The Morgan fingerprint density at radius 1 is 1.23 bits per heavy atom. The summed E-state index contributed by atoms with van der Waals surface area (Å²) in [5.41, 5.74) is 0. The van der Waals surface area contributed by atoms with Crippen LogP contribution in [0.4, 0.5) is 5.82 Å². The number of hydrogen-bond donors (Lipinski definition) is 0. The molecule has 3 heterocycles. The van der Waals surface area contributed by atoms with E-state index in [2.05, 4.69) is 40.1 Å². The molecule has 0 aliphatic carbocycles. The van der Waals surface area contributed by atoms with Gasteiger partial charge in [0.2, 0.25) is 5.91 Å². The predicted molar refractivity (Wildman–Crippen MR) is 103 cm³/mol. The smallest absolute Gasteiger partial charge is 0.222 e. The zero-order valence-electron chi connectivity index (χ0n) is 15.4. The van der Waals surface area contributed by atoms with Crippen LogP contribution in [0.15, 0.2) is 36.5 Å². The second kappa shape index (κ2) is 7.62. The number of pyridine rings is 1. The maximum absolute atomic E-state index is 12.4. The van der Waals surface area contributed by atoms with E-state index in [1.54, 1.807) is 7.11 Å². The molecule has 26 heavy (non-hydrogen) atoms. The Labute approximate surface area is 154 Å². The summed E-state index contributed by atoms with van der Waals surface area (Å²) in [5, 5.41) is 2.46. The van der Waals surface area contributed by atoms with Gasteiger partial charge in [0.25, 0.3) is 0 Å². The molecular formula is C21H27N3O2. The van der Waals surface area contributed by atoms with Crippen LogP contribution in [-0.4, -0.2) is 55.2 Å². The number of hydrogen-bond acceptors (Lipinski definition) is 4. The van der Waals surface area contributed by atoms with Gasteiger partial charge in [-0.2, -0.15) is 0 Å². The van der Waals surface area contributed by atoms with Crippen molar-refractivity contribution in [2.45, 2.75) is 31.7 Å². The monoisotopic (exact) mass is 353 g/mol. The van der Waals surface area contributed by atoms with Crippen molar-refractivity contribution in [1.29, 1.82) is 0 Å². The van der Waals surface area contributed by atoms with Gasteiger partial charge >= 0.3 is 0 Å². The van der Waals surface area contributed by atoms with Gasteiger partial charge in [-0.15, -0.1) is 0 Å². The van der Waals surface area contributed by atoms with Crippen LogP contribution in [0, 0.1) is 5.92 Å². The molecule has 2 aliphatic heterocycles. The van der Waals surface area contributed by atoms with Crippen LogP contribution in [0.25, 0.3) is 10.8 Å². The molecule has 0 unspecified atom stereocenters. The Morgan fingerprint density at radius 3 is 3.00 bits per heavy atom. The lowest BCUT2D eigenvalue weighted by atomic mass is 9.83. The van der Waals surface area contributed by atoms with Crippen molar-refractivity contribution in [3.8, 4) is 0 Å². The Balaban J connectivity index is 1.52. The molecule has 138 valence electrons. The lowest BCUT2D eigenvalue weighted by molar-refractivity contribution is -0.139. The molecule has 1 amide bonds. The van der Waals surface area contributed by atoms with Crippen molar-refractivity contribution in [2.75, 3.05) is 38.3 Å². The van der Waals surface area contributed by atoms with Crippen LogP contribution in [0.3, 0.4) is 0 Å². The number of ether oxygens (including phenoxy) is 1. The van der Waals surface area contributed by atoms with Crippen molar-refractivity contribution < 1.29 is 9.53 Å². The third-order valence-corrected chi connectivity index (χ3v) is 5.84. The maximum atomic E-state index is 12.4. The van der Waals surface area contributed by atoms with Gasteiger partial charge in [-0.3, -0.25) is 4.79 Å². The van der Waals surface area contributed by atoms with Gasteiger partial charge in [0, 0.05) is 57.4 Å². The fraction of sp³-hybridized carbons (Fsp3) is 0.524. The first kappa shape index (κ1) is 17.3. The number of carbonyl (C=O) groups is 1. The number of methoxy groups -OCH3 is 1. The Morgan fingerprint density at radius 2 is 2.12 bits per heavy atom. The molecule has 5 nitrogen and oxygen atoms in total. The summed E-state index contributed by atoms with van der Waals surface area (Å²) in [4.78, 5) is 21.7. The molecule has 0 N–H and O–H groups in total. The lowest BCUT2D eigenvalue weighted by Crippen LogP contribution is -2.56. The second-order valence-electron chi connectivity index (χ2n) is 7.39. The number of likely N-dealkylation sites (tertiary alicyclic amines) is 1. The summed E-state index contributed by atoms with van der Waals surface area (Å²) < 4.78 is 5.17. The highest BCUT2D eigenvalue weighted by Gasteiger charge is 2.39. The van der Waals surface area contributed by atoms with Gasteiger partial charge < -0.3 is 14.5 Å². The van der Waals surface area contributed by atoms with E-state index >= 15 is 0 Å². The first-order valence-corrected chi connectivity index (χ1v) is 9.65. The summed E-state index contributed by atoms with van der Waals surface area (Å²) in [6, 6.07) is 10.9. The van der Waals surface area contributed by atoms with Crippen LogP contribution in [0.5, 0.6) is 0 Å². The highest BCUT2D eigenvalue weighted by Crippen LogP contribution is 2.34. The summed E-state index contributed by atoms with van der Waals surface area (Å²) in [7, 11) is 1.72. The molecule has 2 fully saturated rings. The number of rotatable bonds is 5. The molecule has 1 aromatic heterocycles. The standard InChI is InChI=1S/C21H27N3O2/c1-26-14-4-12-24-19-10-13-23(15-17(19)7-8-20(24)25)21-18-6-3-2-5-16(18)9-11-22-21/h2-3,5-6,9,11,17,19H,4,7-8,10,12-15H2,1H3/t17-,19+/m0/s1. The maximum Gasteiger partial charge on any atom is 0.222 e. The number of nitrogens with zero attached hydrogens (tertiary/aromatic N) is 3. The normalized spacial score (nSPS) is 23.3. The van der Waals surface area contributed by atoms with E-state index in [4.69, 9.17) is 9.72 Å². The summed E-state index contributed by atoms with van der Waals surface area (Å²) in [6.07, 6.45) is 5.51. The van der Waals surface area contributed by atoms with Crippen LogP contribution in [-0.2, 0) is 9.53 Å². The van der Waals surface area contributed by atoms with Crippen molar-refractivity contribution >= 4 is 22.5 Å². The molecule has 2 aromatic rings. The highest BCUT2D eigenvalue weighted by atomic mass is 16.5. The van der Waals surface area contributed by atoms with Gasteiger partial charge in [-0.25, -0.2) is 4.98 Å². The van der Waals surface area contributed by atoms with E-state index < -0.39 is 0 Å². The molecule has 2 saturated heterocycles. The second-order valence-corrected chi connectivity index (χ2v) is 7.39. The third-order valence-electron chi connectivity index (χ3n) is 5.84. The zero-order valence-corrected chi connectivity index (χ0v) is 15.4. The minimum absolute atomic E-state index is 0.319. The summed E-state index contributed by atoms with van der Waals surface area (Å²) in [5.74, 6) is 1.94. The van der Waals surface area contributed by atoms with Gasteiger partial charge in [0.1, 0.15) is 5.82 Å². The molecule has 4 rings (SSSR count). The van der Waals surface area contributed by atoms with E-state index in [0.717, 1.165) is 44.7 Å². The van der Waals surface area contributed by atoms with Gasteiger partial charge in [0.15, 0.2) is 0 Å². The third kappa shape index (κ3) is 3.28. The van der Waals surface area contributed by atoms with Gasteiger partial charge in [0.05, 0.1) is 0 Å². The minimum atomic E-state index is 0.319. The number of aromatic nitrogens is 1. The SMILES string of the molecule is COCCCN1C(=O)CC[C@H]2CN(c3nccc4ccccc34)CC[C@H]21. The van der Waals surface area contributed by atoms with E-state index in [1.165, 1.54) is 10.8 Å². The van der Waals surface area contributed by atoms with Crippen molar-refractivity contribution in [2.24, 2.45) is 5.92 Å². The predicted octanol–water partition coefficient (Wildman–Crippen LogP) is 3.09. The van der Waals surface area contributed by atoms with Crippen LogP contribution >= 0.6 is 0 Å². The Bertz CT molecular complexity index is 773. The summed E-state index contributed by atoms with van der Waals surface area (Å²) >= 11 is 0. The molecule has 5 heteroatoms. The van der Waals surface area contributed by atoms with E-state index in [1.807, 2.05) is 6.20 Å². The molecule has 0 spiro atoms. The van der Waals surface area contributed by atoms with Crippen LogP contribution < -0.4 is 4.90 Å². The molecule has 0 radical (unpaired) electrons. The molecule has 2 atom stereocenters. The quantitative estimate of drug-likeness (QED) is 0.775. The highest BCUT2D eigenvalue weighted by molar-refractivity contribution is 5.92. The number of piperidine rings is 2. The fourth-order valence-electron chi connectivity index (χ4n) is 4.57. The van der Waals surface area contributed by atoms with Crippen LogP contribution in [0.1, 0.15) is 25.7 Å². The average Bonchev–Trinajstić information content (AvgIpc) is 2.69. The van der Waals surface area contributed by atoms with Gasteiger partial charge in [-0.05, 0) is 36.6 Å². The van der Waals surface area contributed by atoms with Crippen molar-refractivity contribution in [1.82, 2.24) is 9.88 Å². The Kier molecular flexibility index (Phi) is 5.07. The summed E-state index contributed by atoms with van der Waals surface area (Å²) in [6.45, 7) is 3.48. The lowest BCUT2D eigenvalue weighted by Gasteiger charge is -2.47. The average molecular weight is 353 g/mol. The fourth-order valence-corrected chi connectivity index (χ4v) is 4.57. The Hall–Kier alpha value is -2.14. The topological polar surface area (TPSA) is 45.7 Å². The number of anilines is 1. The van der Waals surface area contributed by atoms with Crippen molar-refractivity contribution in [3.05, 3.63) is 36.5 Å².